The van der Waals surface area contributed by atoms with E-state index < -0.39 is 5.97 Å². The summed E-state index contributed by atoms with van der Waals surface area (Å²) in [5.74, 6) is -1.36. The molecule has 1 fully saturated rings. The van der Waals surface area contributed by atoms with Crippen molar-refractivity contribution in [3.8, 4) is 5.75 Å². The fourth-order valence-corrected chi connectivity index (χ4v) is 2.42. The van der Waals surface area contributed by atoms with Gasteiger partial charge < -0.3 is 20.4 Å². The molecular formula is C15H20N2O4. The number of benzene rings is 1. The normalized spacial score (nSPS) is 15.9. The number of aromatic hydroxyl groups is 1. The lowest BCUT2D eigenvalue weighted by molar-refractivity contribution is 0.0696. The fourth-order valence-electron chi connectivity index (χ4n) is 2.42. The number of hydrogen-bond acceptors (Lipinski definition) is 3. The number of rotatable bonds is 2. The summed E-state index contributed by atoms with van der Waals surface area (Å²) in [5.41, 5.74) is 0.212. The van der Waals surface area contributed by atoms with E-state index in [-0.39, 0.29) is 23.0 Å². The molecule has 1 aromatic rings. The molecule has 0 aromatic heterocycles. The average Bonchev–Trinajstić information content (AvgIpc) is 2.40. The molecule has 1 heterocycles. The van der Waals surface area contributed by atoms with Crippen LogP contribution < -0.4 is 5.32 Å². The molecule has 1 aliphatic rings. The minimum Gasteiger partial charge on any atom is -0.506 e. The first-order valence-electron chi connectivity index (χ1n) is 7.20. The van der Waals surface area contributed by atoms with Crippen LogP contribution in [0.2, 0.25) is 0 Å². The SMILES string of the molecule is O=C(O)c1ccc(NC(=O)N2CCCCCCC2)c(O)c1. The van der Waals surface area contributed by atoms with Crippen LogP contribution in [0.15, 0.2) is 18.2 Å². The molecule has 0 spiro atoms. The van der Waals surface area contributed by atoms with Crippen LogP contribution in [-0.2, 0) is 0 Å². The molecule has 0 aliphatic carbocycles. The van der Waals surface area contributed by atoms with Crippen LogP contribution in [0.5, 0.6) is 5.75 Å². The van der Waals surface area contributed by atoms with E-state index >= 15 is 0 Å². The minimum absolute atomic E-state index is 0.0169. The minimum atomic E-state index is -1.12. The molecule has 0 unspecified atom stereocenters. The Bertz CT molecular complexity index is 522. The number of amides is 2. The van der Waals surface area contributed by atoms with E-state index in [1.54, 1.807) is 4.90 Å². The third kappa shape index (κ3) is 4.11. The third-order valence-corrected chi connectivity index (χ3v) is 3.63. The molecule has 0 bridgehead atoms. The molecule has 6 nitrogen and oxygen atoms in total. The van der Waals surface area contributed by atoms with Gasteiger partial charge in [-0.3, -0.25) is 0 Å². The summed E-state index contributed by atoms with van der Waals surface area (Å²) in [4.78, 5) is 24.7. The first-order chi connectivity index (χ1) is 10.1. The van der Waals surface area contributed by atoms with Crippen LogP contribution in [0.4, 0.5) is 10.5 Å². The van der Waals surface area contributed by atoms with Crippen molar-refractivity contribution in [1.29, 1.82) is 0 Å². The number of aromatic carboxylic acids is 1. The molecule has 114 valence electrons. The standard InChI is InChI=1S/C15H20N2O4/c18-13-10-11(14(19)20)6-7-12(13)16-15(21)17-8-4-2-1-3-5-9-17/h6-7,10,18H,1-5,8-9H2,(H,16,21)(H,19,20). The molecule has 2 rings (SSSR count). The van der Waals surface area contributed by atoms with E-state index in [1.807, 2.05) is 0 Å². The van der Waals surface area contributed by atoms with E-state index in [4.69, 9.17) is 5.11 Å². The lowest BCUT2D eigenvalue weighted by Crippen LogP contribution is -2.37. The second kappa shape index (κ2) is 6.97. The van der Waals surface area contributed by atoms with Crippen molar-refractivity contribution < 1.29 is 19.8 Å². The number of carboxylic acids is 1. The number of carbonyl (C=O) groups is 2. The van der Waals surface area contributed by atoms with Crippen LogP contribution >= 0.6 is 0 Å². The zero-order valence-corrected chi connectivity index (χ0v) is 11.8. The third-order valence-electron chi connectivity index (χ3n) is 3.63. The average molecular weight is 292 g/mol. The van der Waals surface area contributed by atoms with Gasteiger partial charge >= 0.3 is 12.0 Å². The van der Waals surface area contributed by atoms with Gasteiger partial charge in [0.15, 0.2) is 0 Å². The van der Waals surface area contributed by atoms with Crippen molar-refractivity contribution in [2.24, 2.45) is 0 Å². The summed E-state index contributed by atoms with van der Waals surface area (Å²) in [6.07, 6.45) is 5.44. The number of phenolic OH excluding ortho intramolecular Hbond substituents is 1. The lowest BCUT2D eigenvalue weighted by atomic mass is 10.1. The summed E-state index contributed by atoms with van der Waals surface area (Å²) < 4.78 is 0. The van der Waals surface area contributed by atoms with Crippen molar-refractivity contribution >= 4 is 17.7 Å². The molecular weight excluding hydrogens is 272 g/mol. The summed E-state index contributed by atoms with van der Waals surface area (Å²) in [6, 6.07) is 3.63. The number of carboxylic acid groups (broad SMARTS) is 1. The molecule has 6 heteroatoms. The number of nitrogens with one attached hydrogen (secondary N) is 1. The maximum absolute atomic E-state index is 12.2. The maximum Gasteiger partial charge on any atom is 0.335 e. The van der Waals surface area contributed by atoms with E-state index in [0.29, 0.717) is 13.1 Å². The van der Waals surface area contributed by atoms with E-state index in [2.05, 4.69) is 5.32 Å². The summed E-state index contributed by atoms with van der Waals surface area (Å²) in [5, 5.41) is 21.3. The summed E-state index contributed by atoms with van der Waals surface area (Å²) in [7, 11) is 0. The topological polar surface area (TPSA) is 89.9 Å². The number of carbonyl (C=O) groups excluding carboxylic acids is 1. The van der Waals surface area contributed by atoms with Crippen LogP contribution in [0, 0.1) is 0 Å². The smallest absolute Gasteiger partial charge is 0.335 e. The van der Waals surface area contributed by atoms with Gasteiger partial charge in [-0.2, -0.15) is 0 Å². The number of likely N-dealkylation sites (tertiary alicyclic amines) is 1. The molecule has 0 radical (unpaired) electrons. The Morgan fingerprint density at radius 1 is 1.05 bits per heavy atom. The highest BCUT2D eigenvalue weighted by atomic mass is 16.4. The van der Waals surface area contributed by atoms with Crippen LogP contribution in [0.25, 0.3) is 0 Å². The molecule has 2 amide bonds. The highest BCUT2D eigenvalue weighted by Gasteiger charge is 2.16. The Hall–Kier alpha value is -2.24. The molecule has 1 aliphatic heterocycles. The molecule has 21 heavy (non-hydrogen) atoms. The van der Waals surface area contributed by atoms with Gasteiger partial charge in [-0.1, -0.05) is 19.3 Å². The van der Waals surface area contributed by atoms with Gasteiger partial charge in [-0.25, -0.2) is 9.59 Å². The second-order valence-corrected chi connectivity index (χ2v) is 5.22. The monoisotopic (exact) mass is 292 g/mol. The highest BCUT2D eigenvalue weighted by molar-refractivity contribution is 5.93. The number of nitrogens with zero attached hydrogens (tertiary/aromatic N) is 1. The van der Waals surface area contributed by atoms with Crippen molar-refractivity contribution in [3.63, 3.8) is 0 Å². The summed E-state index contributed by atoms with van der Waals surface area (Å²) in [6.45, 7) is 1.42. The van der Waals surface area contributed by atoms with Gasteiger partial charge in [0.1, 0.15) is 5.75 Å². The van der Waals surface area contributed by atoms with Gasteiger partial charge in [-0.15, -0.1) is 0 Å². The van der Waals surface area contributed by atoms with Gasteiger partial charge in [0, 0.05) is 13.1 Å². The molecule has 3 N–H and O–H groups in total. The second-order valence-electron chi connectivity index (χ2n) is 5.22. The Balaban J connectivity index is 2.02. The Morgan fingerprint density at radius 2 is 1.67 bits per heavy atom. The first-order valence-corrected chi connectivity index (χ1v) is 7.20. The highest BCUT2D eigenvalue weighted by Crippen LogP contribution is 2.25. The number of anilines is 1. The maximum atomic E-state index is 12.2. The lowest BCUT2D eigenvalue weighted by Gasteiger charge is -2.25. The van der Waals surface area contributed by atoms with Crippen LogP contribution in [-0.4, -0.2) is 40.2 Å². The number of urea groups is 1. The molecule has 0 saturated carbocycles. The quantitative estimate of drug-likeness (QED) is 0.731. The van der Waals surface area contributed by atoms with Crippen molar-refractivity contribution in [1.82, 2.24) is 4.90 Å². The largest absolute Gasteiger partial charge is 0.506 e. The van der Waals surface area contributed by atoms with Gasteiger partial charge in [0.05, 0.1) is 11.3 Å². The van der Waals surface area contributed by atoms with Gasteiger partial charge in [0.2, 0.25) is 0 Å². The Labute approximate surface area is 123 Å². The van der Waals surface area contributed by atoms with Crippen molar-refractivity contribution in [2.45, 2.75) is 32.1 Å². The van der Waals surface area contributed by atoms with E-state index in [9.17, 15) is 14.7 Å². The van der Waals surface area contributed by atoms with Crippen molar-refractivity contribution in [3.05, 3.63) is 23.8 Å². The van der Waals surface area contributed by atoms with E-state index in [1.165, 1.54) is 18.6 Å². The van der Waals surface area contributed by atoms with Crippen LogP contribution in [0.1, 0.15) is 42.5 Å². The van der Waals surface area contributed by atoms with Crippen molar-refractivity contribution in [2.75, 3.05) is 18.4 Å². The number of phenols is 1. The molecule has 0 atom stereocenters. The van der Waals surface area contributed by atoms with Crippen LogP contribution in [0.3, 0.4) is 0 Å². The zero-order valence-electron chi connectivity index (χ0n) is 11.8. The fraction of sp³-hybridized carbons (Fsp3) is 0.467. The zero-order chi connectivity index (χ0) is 15.2. The first kappa shape index (κ1) is 15.2. The molecule has 1 aromatic carbocycles. The predicted molar refractivity (Wildman–Crippen MR) is 78.7 cm³/mol. The Morgan fingerprint density at radius 3 is 2.24 bits per heavy atom. The Kier molecular flexibility index (Phi) is 5.03. The van der Waals surface area contributed by atoms with E-state index in [0.717, 1.165) is 31.7 Å². The predicted octanol–water partition coefficient (Wildman–Crippen LogP) is 2.89. The summed E-state index contributed by atoms with van der Waals surface area (Å²) >= 11 is 0. The molecule has 1 saturated heterocycles. The van der Waals surface area contributed by atoms with Gasteiger partial charge in [-0.05, 0) is 31.0 Å². The van der Waals surface area contributed by atoms with Gasteiger partial charge in [0.25, 0.3) is 0 Å². The number of hydrogen-bond donors (Lipinski definition) is 3.